The second kappa shape index (κ2) is 11.5. The summed E-state index contributed by atoms with van der Waals surface area (Å²) in [4.78, 5) is 24.7. The zero-order valence-electron chi connectivity index (χ0n) is 24.7. The van der Waals surface area contributed by atoms with E-state index in [0.29, 0.717) is 30.6 Å². The number of aliphatic hydroxyl groups excluding tert-OH is 3. The lowest BCUT2D eigenvalue weighted by Crippen LogP contribution is -2.64. The molecule has 4 saturated carbocycles. The number of carboxylic acids is 1. The first kappa shape index (κ1) is 30.3. The zero-order chi connectivity index (χ0) is 29.7. The van der Waals surface area contributed by atoms with Crippen molar-refractivity contribution in [1.29, 1.82) is 0 Å². The molecule has 12 unspecified atom stereocenters. The Hall–Kier alpha value is -2.16. The Balaban J connectivity index is 1.21. The lowest BCUT2D eigenvalue weighted by atomic mass is 9.43. The van der Waals surface area contributed by atoms with Crippen LogP contribution < -0.4 is 5.32 Å². The highest BCUT2D eigenvalue weighted by Crippen LogP contribution is 2.68. The van der Waals surface area contributed by atoms with Crippen LogP contribution in [0.1, 0.15) is 84.1 Å². The van der Waals surface area contributed by atoms with Crippen LogP contribution in [-0.4, -0.2) is 61.8 Å². The maximum atomic E-state index is 12.9. The Morgan fingerprint density at radius 3 is 2.27 bits per heavy atom. The summed E-state index contributed by atoms with van der Waals surface area (Å²) in [6.07, 6.45) is 5.47. The average molecular weight is 572 g/mol. The van der Waals surface area contributed by atoms with Crippen LogP contribution in [0, 0.1) is 46.3 Å². The lowest BCUT2D eigenvalue weighted by Gasteiger charge is -2.63. The van der Waals surface area contributed by atoms with Gasteiger partial charge < -0.3 is 30.8 Å². The molecule has 0 bridgehead atoms. The molecule has 1 amide bonds. The maximum Gasteiger partial charge on any atom is 0.326 e. The number of fused-ring (bicyclic) bond motifs is 5. The van der Waals surface area contributed by atoms with Crippen molar-refractivity contribution in [2.45, 2.75) is 109 Å². The van der Waals surface area contributed by atoms with Crippen LogP contribution in [0.3, 0.4) is 0 Å². The Kier molecular flexibility index (Phi) is 8.50. The third kappa shape index (κ3) is 5.52. The molecular formula is C33H49NO7. The fraction of sp³-hybridized carbons (Fsp3) is 0.758. The fourth-order valence-corrected chi connectivity index (χ4v) is 10.1. The third-order valence-electron chi connectivity index (χ3n) is 12.3. The SMILES string of the molecule is CC(CCC(=O)NC(Cc1ccc(O)cc1)C(=O)O)C1CCC2C3C(O)C(O)C4CC(O)CCC4(C)C3CCC12C. The smallest absolute Gasteiger partial charge is 0.326 e. The van der Waals surface area contributed by atoms with Crippen LogP contribution in [0.5, 0.6) is 5.75 Å². The number of carbonyl (C=O) groups excluding carboxylic acids is 1. The molecule has 1 aromatic rings. The molecule has 6 N–H and O–H groups in total. The molecule has 41 heavy (non-hydrogen) atoms. The quantitative estimate of drug-likeness (QED) is 0.277. The van der Waals surface area contributed by atoms with E-state index in [4.69, 9.17) is 0 Å². The van der Waals surface area contributed by atoms with Crippen molar-refractivity contribution in [2.24, 2.45) is 46.3 Å². The summed E-state index contributed by atoms with van der Waals surface area (Å²) in [5.74, 6) is 0.0765. The number of carbonyl (C=O) groups is 2. The van der Waals surface area contributed by atoms with Crippen molar-refractivity contribution in [1.82, 2.24) is 5.32 Å². The summed E-state index contributed by atoms with van der Waals surface area (Å²) in [6.45, 7) is 6.85. The van der Waals surface area contributed by atoms with E-state index < -0.39 is 30.3 Å². The standard InChI is InChI=1S/C33H49NO7/c1-18(4-11-27(37)34-26(31(40)41)16-19-5-7-20(35)8-6-19)22-9-10-23-28-24(13-15-32(22,23)2)33(3)14-12-21(36)17-25(33)29(38)30(28)39/h5-8,18,21-26,28-30,35-36,38-39H,4,9-17H2,1-3H3,(H,34,37)(H,40,41). The van der Waals surface area contributed by atoms with Gasteiger partial charge in [0.25, 0.3) is 0 Å². The molecule has 8 heteroatoms. The van der Waals surface area contributed by atoms with Crippen molar-refractivity contribution >= 4 is 11.9 Å². The highest BCUT2D eigenvalue weighted by molar-refractivity contribution is 5.83. The summed E-state index contributed by atoms with van der Waals surface area (Å²) >= 11 is 0. The number of aliphatic hydroxyl groups is 3. The molecule has 4 aliphatic carbocycles. The van der Waals surface area contributed by atoms with Crippen LogP contribution in [0.2, 0.25) is 0 Å². The number of hydrogen-bond acceptors (Lipinski definition) is 6. The highest BCUT2D eigenvalue weighted by atomic mass is 16.4. The number of benzene rings is 1. The molecule has 0 spiro atoms. The molecule has 5 rings (SSSR count). The van der Waals surface area contributed by atoms with Crippen molar-refractivity contribution in [3.63, 3.8) is 0 Å². The second-order valence-electron chi connectivity index (χ2n) is 14.4. The van der Waals surface area contributed by atoms with E-state index in [2.05, 4.69) is 26.1 Å². The maximum absolute atomic E-state index is 12.9. The minimum absolute atomic E-state index is 0.0254. The molecule has 0 radical (unpaired) electrons. The van der Waals surface area contributed by atoms with Crippen molar-refractivity contribution in [2.75, 3.05) is 0 Å². The molecule has 4 aliphatic rings. The van der Waals surface area contributed by atoms with Gasteiger partial charge in [0.15, 0.2) is 0 Å². The topological polar surface area (TPSA) is 147 Å². The van der Waals surface area contributed by atoms with Gasteiger partial charge in [0, 0.05) is 12.8 Å². The number of phenols is 1. The van der Waals surface area contributed by atoms with E-state index in [1.807, 2.05) is 0 Å². The molecule has 4 fully saturated rings. The van der Waals surface area contributed by atoms with Gasteiger partial charge in [0.1, 0.15) is 11.8 Å². The van der Waals surface area contributed by atoms with Gasteiger partial charge in [0.2, 0.25) is 5.91 Å². The fourth-order valence-electron chi connectivity index (χ4n) is 10.1. The first-order valence-corrected chi connectivity index (χ1v) is 15.7. The molecule has 228 valence electrons. The summed E-state index contributed by atoms with van der Waals surface area (Å²) in [7, 11) is 0. The number of amides is 1. The predicted molar refractivity (Wildman–Crippen MR) is 154 cm³/mol. The molecule has 12 atom stereocenters. The molecular weight excluding hydrogens is 522 g/mol. The van der Waals surface area contributed by atoms with Crippen molar-refractivity contribution in [3.05, 3.63) is 29.8 Å². The van der Waals surface area contributed by atoms with Crippen LogP contribution in [0.15, 0.2) is 24.3 Å². The van der Waals surface area contributed by atoms with Crippen LogP contribution in [-0.2, 0) is 16.0 Å². The number of nitrogens with one attached hydrogen (secondary N) is 1. The molecule has 0 saturated heterocycles. The minimum Gasteiger partial charge on any atom is -0.508 e. The summed E-state index contributed by atoms with van der Waals surface area (Å²) in [5.41, 5.74) is 0.688. The number of aliphatic carboxylic acids is 1. The Morgan fingerprint density at radius 1 is 0.927 bits per heavy atom. The highest BCUT2D eigenvalue weighted by Gasteiger charge is 2.65. The second-order valence-corrected chi connectivity index (χ2v) is 14.4. The first-order chi connectivity index (χ1) is 19.3. The van der Waals surface area contributed by atoms with E-state index >= 15 is 0 Å². The normalized spacial score (nSPS) is 41.4. The minimum atomic E-state index is -1.08. The van der Waals surface area contributed by atoms with E-state index in [9.17, 15) is 35.1 Å². The summed E-state index contributed by atoms with van der Waals surface area (Å²) in [6, 6.07) is 5.30. The summed E-state index contributed by atoms with van der Waals surface area (Å²) < 4.78 is 0. The van der Waals surface area contributed by atoms with Crippen molar-refractivity contribution < 1.29 is 35.1 Å². The molecule has 8 nitrogen and oxygen atoms in total. The largest absolute Gasteiger partial charge is 0.508 e. The van der Waals surface area contributed by atoms with Gasteiger partial charge in [-0.25, -0.2) is 4.79 Å². The van der Waals surface area contributed by atoms with Gasteiger partial charge in [-0.3, -0.25) is 4.79 Å². The number of hydrogen-bond donors (Lipinski definition) is 6. The van der Waals surface area contributed by atoms with Crippen LogP contribution >= 0.6 is 0 Å². The number of rotatable bonds is 8. The van der Waals surface area contributed by atoms with E-state index in [-0.39, 0.29) is 53.1 Å². The van der Waals surface area contributed by atoms with Gasteiger partial charge in [-0.05, 0) is 115 Å². The molecule has 0 heterocycles. The molecule has 1 aromatic carbocycles. The van der Waals surface area contributed by atoms with E-state index in [1.165, 1.54) is 12.1 Å². The van der Waals surface area contributed by atoms with Crippen LogP contribution in [0.25, 0.3) is 0 Å². The monoisotopic (exact) mass is 571 g/mol. The number of carboxylic acid groups (broad SMARTS) is 1. The number of phenolic OH excluding ortho intramolecular Hbond substituents is 1. The van der Waals surface area contributed by atoms with Gasteiger partial charge in [-0.15, -0.1) is 0 Å². The Morgan fingerprint density at radius 2 is 1.59 bits per heavy atom. The van der Waals surface area contributed by atoms with Gasteiger partial charge in [-0.1, -0.05) is 32.9 Å². The van der Waals surface area contributed by atoms with E-state index in [1.54, 1.807) is 12.1 Å². The van der Waals surface area contributed by atoms with Gasteiger partial charge in [0.05, 0.1) is 18.3 Å². The average Bonchev–Trinajstić information content (AvgIpc) is 3.29. The first-order valence-electron chi connectivity index (χ1n) is 15.7. The van der Waals surface area contributed by atoms with E-state index in [0.717, 1.165) is 44.1 Å². The van der Waals surface area contributed by atoms with Gasteiger partial charge in [-0.2, -0.15) is 0 Å². The number of aromatic hydroxyl groups is 1. The third-order valence-corrected chi connectivity index (χ3v) is 12.3. The predicted octanol–water partition coefficient (Wildman–Crippen LogP) is 3.88. The Bertz CT molecular complexity index is 1110. The van der Waals surface area contributed by atoms with Crippen molar-refractivity contribution in [3.8, 4) is 5.75 Å². The summed E-state index contributed by atoms with van der Waals surface area (Å²) in [5, 5.41) is 54.9. The Labute approximate surface area is 243 Å². The molecule has 0 aromatic heterocycles. The lowest BCUT2D eigenvalue weighted by molar-refractivity contribution is -0.223. The van der Waals surface area contributed by atoms with Crippen LogP contribution in [0.4, 0.5) is 0 Å². The molecule has 0 aliphatic heterocycles. The zero-order valence-corrected chi connectivity index (χ0v) is 24.7. The van der Waals surface area contributed by atoms with Gasteiger partial charge >= 0.3 is 5.97 Å².